The maximum absolute atomic E-state index is 10.7. The van der Waals surface area contributed by atoms with Gasteiger partial charge in [-0.05, 0) is 12.1 Å². The van der Waals surface area contributed by atoms with Crippen LogP contribution >= 0.6 is 24.0 Å². The van der Waals surface area contributed by atoms with Crippen LogP contribution in [-0.2, 0) is 9.53 Å². The smallest absolute Gasteiger partial charge is 0.303 e. The van der Waals surface area contributed by atoms with Gasteiger partial charge in [0.1, 0.15) is 6.10 Å². The van der Waals surface area contributed by atoms with Crippen LogP contribution in [0.25, 0.3) is 0 Å². The van der Waals surface area contributed by atoms with Gasteiger partial charge in [0.15, 0.2) is 0 Å². The summed E-state index contributed by atoms with van der Waals surface area (Å²) in [6.07, 6.45) is 3.14. The number of pyridine rings is 1. The summed E-state index contributed by atoms with van der Waals surface area (Å²) >= 11 is 6.36. The van der Waals surface area contributed by atoms with Gasteiger partial charge in [0.25, 0.3) is 0 Å². The molecule has 1 unspecified atom stereocenters. The Morgan fingerprint density at radius 1 is 1.67 bits per heavy atom. The van der Waals surface area contributed by atoms with Gasteiger partial charge in [0.2, 0.25) is 0 Å². The molecule has 15 heavy (non-hydrogen) atoms. The molecule has 0 fully saturated rings. The van der Waals surface area contributed by atoms with Crippen LogP contribution in [0.1, 0.15) is 6.92 Å². The van der Waals surface area contributed by atoms with Gasteiger partial charge in [0.05, 0.1) is 0 Å². The average Bonchev–Trinajstić information content (AvgIpc) is 2.25. The van der Waals surface area contributed by atoms with Crippen LogP contribution in [0.3, 0.4) is 0 Å². The number of thiocarbonyl (C=S) groups is 1. The van der Waals surface area contributed by atoms with E-state index in [1.165, 1.54) is 12.3 Å². The third-order valence-electron chi connectivity index (χ3n) is 1.53. The van der Waals surface area contributed by atoms with Crippen molar-refractivity contribution >= 4 is 35.3 Å². The molecule has 5 heteroatoms. The van der Waals surface area contributed by atoms with Gasteiger partial charge >= 0.3 is 5.97 Å². The quantitative estimate of drug-likeness (QED) is 0.448. The van der Waals surface area contributed by atoms with E-state index in [2.05, 4.69) is 4.98 Å². The minimum absolute atomic E-state index is 0.309. The van der Waals surface area contributed by atoms with Crippen molar-refractivity contribution in [3.63, 3.8) is 0 Å². The minimum atomic E-state index is -0.310. The van der Waals surface area contributed by atoms with Crippen molar-refractivity contribution in [2.45, 2.75) is 17.9 Å². The molecule has 1 heterocycles. The lowest BCUT2D eigenvalue weighted by Crippen LogP contribution is -2.19. The van der Waals surface area contributed by atoms with Crippen molar-refractivity contribution in [2.24, 2.45) is 0 Å². The van der Waals surface area contributed by atoms with Crippen LogP contribution < -0.4 is 0 Å². The van der Waals surface area contributed by atoms with E-state index in [0.29, 0.717) is 5.75 Å². The van der Waals surface area contributed by atoms with Crippen LogP contribution in [0, 0.1) is 0 Å². The van der Waals surface area contributed by atoms with E-state index in [4.69, 9.17) is 17.0 Å². The first kappa shape index (κ1) is 12.1. The second-order valence-corrected chi connectivity index (χ2v) is 4.14. The van der Waals surface area contributed by atoms with Crippen molar-refractivity contribution in [3.05, 3.63) is 24.5 Å². The Bertz CT molecular complexity index is 329. The van der Waals surface area contributed by atoms with Gasteiger partial charge in [-0.3, -0.25) is 9.78 Å². The summed E-state index contributed by atoms with van der Waals surface area (Å²) in [7, 11) is 0. The highest BCUT2D eigenvalue weighted by Gasteiger charge is 2.08. The molecule has 0 spiro atoms. The van der Waals surface area contributed by atoms with Crippen LogP contribution in [0.4, 0.5) is 0 Å². The van der Waals surface area contributed by atoms with Gasteiger partial charge in [0, 0.05) is 35.3 Å². The summed E-state index contributed by atoms with van der Waals surface area (Å²) in [5.41, 5.74) is 0. The van der Waals surface area contributed by atoms with E-state index in [1.807, 2.05) is 12.1 Å². The number of carbonyl (C=O) groups excluding carboxylic acids is 1. The molecule has 3 nitrogen and oxygen atoms in total. The second kappa shape index (κ2) is 6.53. The molecule has 0 bridgehead atoms. The molecule has 0 aliphatic carbocycles. The Kier molecular flexibility index (Phi) is 5.28. The third-order valence-corrected chi connectivity index (χ3v) is 2.94. The van der Waals surface area contributed by atoms with Crippen LogP contribution in [-0.4, -0.2) is 28.2 Å². The Labute approximate surface area is 98.2 Å². The Hall–Kier alpha value is -0.940. The zero-order valence-corrected chi connectivity index (χ0v) is 9.88. The molecule has 0 aliphatic heterocycles. The molecule has 0 amide bonds. The fraction of sp³-hybridized carbons (Fsp3) is 0.300. The van der Waals surface area contributed by atoms with Gasteiger partial charge in [-0.1, -0.05) is 12.2 Å². The fourth-order valence-corrected chi connectivity index (χ4v) is 2.04. The van der Waals surface area contributed by atoms with Crippen LogP contribution in [0.2, 0.25) is 0 Å². The number of carbonyl (C=O) groups is 1. The Morgan fingerprint density at radius 2 is 2.33 bits per heavy atom. The highest BCUT2D eigenvalue weighted by Crippen LogP contribution is 2.17. The molecular weight excluding hydrogens is 230 g/mol. The van der Waals surface area contributed by atoms with Crippen LogP contribution in [0.5, 0.6) is 0 Å². The van der Waals surface area contributed by atoms with Crippen molar-refractivity contribution in [1.82, 2.24) is 4.98 Å². The van der Waals surface area contributed by atoms with Crippen molar-refractivity contribution in [2.75, 3.05) is 5.75 Å². The fourth-order valence-electron chi connectivity index (χ4n) is 0.927. The van der Waals surface area contributed by atoms with E-state index in [0.717, 1.165) is 4.90 Å². The first-order valence-electron chi connectivity index (χ1n) is 4.37. The molecule has 0 aliphatic rings. The topological polar surface area (TPSA) is 39.2 Å². The summed E-state index contributed by atoms with van der Waals surface area (Å²) in [5, 5.41) is 1.47. The molecule has 0 saturated heterocycles. The number of rotatable bonds is 5. The van der Waals surface area contributed by atoms with Gasteiger partial charge in [-0.2, -0.15) is 0 Å². The highest BCUT2D eigenvalue weighted by atomic mass is 32.2. The number of esters is 1. The molecule has 1 rings (SSSR count). The lowest BCUT2D eigenvalue weighted by Gasteiger charge is -2.10. The standard InChI is InChI=1S/C10H11NO2S2/c1-8(12)13-9(6-14)7-15-10-2-4-11-5-3-10/h2-6,9H,7H2,1H3. The van der Waals surface area contributed by atoms with Crippen molar-refractivity contribution in [3.8, 4) is 0 Å². The highest BCUT2D eigenvalue weighted by molar-refractivity contribution is 7.99. The van der Waals surface area contributed by atoms with Crippen molar-refractivity contribution in [1.29, 1.82) is 0 Å². The number of hydrogen-bond donors (Lipinski definition) is 0. The number of aromatic nitrogens is 1. The molecule has 1 aromatic heterocycles. The number of nitrogens with zero attached hydrogens (tertiary/aromatic N) is 1. The summed E-state index contributed by atoms with van der Waals surface area (Å²) in [6.45, 7) is 1.38. The third kappa shape index (κ3) is 4.90. The Balaban J connectivity index is 2.41. The van der Waals surface area contributed by atoms with Crippen LogP contribution in [0.15, 0.2) is 29.4 Å². The zero-order valence-electron chi connectivity index (χ0n) is 8.25. The molecule has 0 saturated carbocycles. The van der Waals surface area contributed by atoms with Crippen molar-refractivity contribution < 1.29 is 9.53 Å². The van der Waals surface area contributed by atoms with E-state index < -0.39 is 0 Å². The molecule has 1 aromatic rings. The van der Waals surface area contributed by atoms with Gasteiger partial charge in [-0.25, -0.2) is 0 Å². The number of hydrogen-bond acceptors (Lipinski definition) is 5. The monoisotopic (exact) mass is 241 g/mol. The molecule has 0 N–H and O–H groups in total. The average molecular weight is 241 g/mol. The molecular formula is C10H11NO2S2. The summed E-state index contributed by atoms with van der Waals surface area (Å²) in [6, 6.07) is 3.80. The zero-order chi connectivity index (χ0) is 11.1. The van der Waals surface area contributed by atoms with E-state index in [1.54, 1.807) is 24.2 Å². The maximum atomic E-state index is 10.7. The van der Waals surface area contributed by atoms with E-state index >= 15 is 0 Å². The first-order chi connectivity index (χ1) is 7.22. The van der Waals surface area contributed by atoms with E-state index in [-0.39, 0.29) is 12.1 Å². The molecule has 0 radical (unpaired) electrons. The van der Waals surface area contributed by atoms with E-state index in [9.17, 15) is 4.79 Å². The predicted molar refractivity (Wildman–Crippen MR) is 64.2 cm³/mol. The Morgan fingerprint density at radius 3 is 2.87 bits per heavy atom. The summed E-state index contributed by atoms with van der Waals surface area (Å²) < 4.78 is 4.99. The maximum Gasteiger partial charge on any atom is 0.303 e. The second-order valence-electron chi connectivity index (χ2n) is 2.78. The lowest BCUT2D eigenvalue weighted by molar-refractivity contribution is -0.142. The first-order valence-corrected chi connectivity index (χ1v) is 5.83. The van der Waals surface area contributed by atoms with Gasteiger partial charge < -0.3 is 4.74 Å². The number of thioether (sulfide) groups is 1. The van der Waals surface area contributed by atoms with Gasteiger partial charge in [-0.15, -0.1) is 11.8 Å². The normalized spacial score (nSPS) is 11.8. The molecule has 80 valence electrons. The molecule has 1 atom stereocenters. The predicted octanol–water partition coefficient (Wildman–Crippen LogP) is 2.11. The summed E-state index contributed by atoms with van der Waals surface area (Å²) in [5.74, 6) is 0.323. The largest absolute Gasteiger partial charge is 0.457 e. The number of ether oxygens (including phenoxy) is 1. The SMILES string of the molecule is CC(=O)OC(C=S)CSc1ccncc1. The minimum Gasteiger partial charge on any atom is -0.457 e. The molecule has 0 aromatic carbocycles. The lowest BCUT2D eigenvalue weighted by atomic mass is 10.5. The summed E-state index contributed by atoms with van der Waals surface area (Å²) in [4.78, 5) is 15.7.